The molecule has 0 aliphatic rings. The zero-order chi connectivity index (χ0) is 10.0. The summed E-state index contributed by atoms with van der Waals surface area (Å²) in [5.41, 5.74) is 6.22. The monoisotopic (exact) mass is 245 g/mol. The third-order valence-electron chi connectivity index (χ3n) is 1.49. The van der Waals surface area contributed by atoms with Gasteiger partial charge >= 0.3 is 5.97 Å². The second-order valence-corrected chi connectivity index (χ2v) is 3.24. The Morgan fingerprint density at radius 3 is 2.85 bits per heavy atom. The van der Waals surface area contributed by atoms with Crippen LogP contribution < -0.4 is 5.73 Å². The molecule has 0 amide bonds. The van der Waals surface area contributed by atoms with Gasteiger partial charge in [0.15, 0.2) is 0 Å². The summed E-state index contributed by atoms with van der Waals surface area (Å²) in [6.07, 6.45) is 1.34. The first-order valence-electron chi connectivity index (χ1n) is 3.50. The highest BCUT2D eigenvalue weighted by Gasteiger charge is 2.16. The van der Waals surface area contributed by atoms with E-state index in [1.807, 2.05) is 0 Å². The van der Waals surface area contributed by atoms with Gasteiger partial charge in [-0.25, -0.2) is 4.98 Å². The van der Waals surface area contributed by atoms with Crippen molar-refractivity contribution >= 4 is 21.9 Å². The number of hydrogen-bond acceptors (Lipinski definition) is 4. The number of rotatable bonds is 2. The molecule has 1 atom stereocenters. The van der Waals surface area contributed by atoms with E-state index >= 15 is 0 Å². The minimum absolute atomic E-state index is 0.258. The van der Waals surface area contributed by atoms with Gasteiger partial charge in [-0.2, -0.15) is 0 Å². The smallest absolute Gasteiger partial charge is 0.326 e. The summed E-state index contributed by atoms with van der Waals surface area (Å²) in [6.45, 7) is 1.72. The van der Waals surface area contributed by atoms with Crippen molar-refractivity contribution in [2.45, 2.75) is 13.0 Å². The Morgan fingerprint density at radius 2 is 2.38 bits per heavy atom. The summed E-state index contributed by atoms with van der Waals surface area (Å²) in [5.74, 6) is -1.11. The topological polar surface area (TPSA) is 89.1 Å². The molecule has 0 saturated heterocycles. The second-order valence-electron chi connectivity index (χ2n) is 2.49. The van der Waals surface area contributed by atoms with Gasteiger partial charge in [0.1, 0.15) is 10.6 Å². The van der Waals surface area contributed by atoms with Crippen molar-refractivity contribution < 1.29 is 9.90 Å². The van der Waals surface area contributed by atoms with E-state index in [1.54, 1.807) is 6.92 Å². The molecule has 13 heavy (non-hydrogen) atoms. The van der Waals surface area contributed by atoms with Gasteiger partial charge in [0.05, 0.1) is 17.6 Å². The highest BCUT2D eigenvalue weighted by Crippen LogP contribution is 2.13. The Bertz CT molecular complexity index is 343. The molecule has 1 rings (SSSR count). The minimum Gasteiger partial charge on any atom is -0.480 e. The molecular weight excluding hydrogens is 238 g/mol. The lowest BCUT2D eigenvalue weighted by molar-refractivity contribution is -0.138. The zero-order valence-corrected chi connectivity index (χ0v) is 8.45. The van der Waals surface area contributed by atoms with Gasteiger partial charge in [-0.15, -0.1) is 0 Å². The summed E-state index contributed by atoms with van der Waals surface area (Å²) < 4.78 is 0.592. The maximum atomic E-state index is 10.5. The third-order valence-corrected chi connectivity index (χ3v) is 2.27. The van der Waals surface area contributed by atoms with Crippen LogP contribution in [0.25, 0.3) is 0 Å². The molecular formula is C7H8BrN3O2. The van der Waals surface area contributed by atoms with Crippen LogP contribution in [0.2, 0.25) is 0 Å². The highest BCUT2D eigenvalue weighted by molar-refractivity contribution is 9.10. The van der Waals surface area contributed by atoms with E-state index in [0.717, 1.165) is 0 Å². The largest absolute Gasteiger partial charge is 0.480 e. The molecule has 5 nitrogen and oxygen atoms in total. The molecule has 1 heterocycles. The number of carbonyl (C=O) groups is 1. The zero-order valence-electron chi connectivity index (χ0n) is 6.86. The SMILES string of the molecule is Cc1nc(C(N)C(=O)O)cnc1Br. The Labute approximate surface area is 83.1 Å². The number of carboxylic acids is 1. The number of nitrogens with two attached hydrogens (primary N) is 1. The van der Waals surface area contributed by atoms with Crippen LogP contribution in [0.1, 0.15) is 17.4 Å². The van der Waals surface area contributed by atoms with Gasteiger partial charge in [-0.3, -0.25) is 9.78 Å². The van der Waals surface area contributed by atoms with Crippen molar-refractivity contribution in [2.24, 2.45) is 5.73 Å². The fraction of sp³-hybridized carbons (Fsp3) is 0.286. The van der Waals surface area contributed by atoms with Gasteiger partial charge in [-0.1, -0.05) is 0 Å². The molecule has 0 saturated carbocycles. The van der Waals surface area contributed by atoms with E-state index in [0.29, 0.717) is 10.3 Å². The number of halogens is 1. The fourth-order valence-electron chi connectivity index (χ4n) is 0.761. The molecule has 0 bridgehead atoms. The Hall–Kier alpha value is -1.01. The van der Waals surface area contributed by atoms with E-state index in [4.69, 9.17) is 10.8 Å². The Morgan fingerprint density at radius 1 is 1.77 bits per heavy atom. The van der Waals surface area contributed by atoms with Crippen LogP contribution in [0.5, 0.6) is 0 Å². The van der Waals surface area contributed by atoms with Crippen LogP contribution >= 0.6 is 15.9 Å². The second kappa shape index (κ2) is 3.80. The van der Waals surface area contributed by atoms with Crippen molar-refractivity contribution in [3.05, 3.63) is 22.2 Å². The summed E-state index contributed by atoms with van der Waals surface area (Å²) in [7, 11) is 0. The number of hydrogen-bond donors (Lipinski definition) is 2. The maximum Gasteiger partial charge on any atom is 0.326 e. The first kappa shape index (κ1) is 10.1. The van der Waals surface area contributed by atoms with Gasteiger partial charge in [0, 0.05) is 0 Å². The van der Waals surface area contributed by atoms with Gasteiger partial charge in [-0.05, 0) is 22.9 Å². The van der Waals surface area contributed by atoms with E-state index < -0.39 is 12.0 Å². The molecule has 1 aromatic rings. The van der Waals surface area contributed by atoms with Crippen LogP contribution in [0.3, 0.4) is 0 Å². The summed E-state index contributed by atoms with van der Waals surface area (Å²) >= 11 is 3.15. The number of carboxylic acid groups (broad SMARTS) is 1. The summed E-state index contributed by atoms with van der Waals surface area (Å²) in [6, 6.07) is -1.11. The van der Waals surface area contributed by atoms with E-state index in [-0.39, 0.29) is 5.69 Å². The fourth-order valence-corrected chi connectivity index (χ4v) is 0.952. The van der Waals surface area contributed by atoms with Crippen molar-refractivity contribution in [2.75, 3.05) is 0 Å². The lowest BCUT2D eigenvalue weighted by Crippen LogP contribution is -2.22. The van der Waals surface area contributed by atoms with Crippen LogP contribution in [0.4, 0.5) is 0 Å². The quantitative estimate of drug-likeness (QED) is 0.798. The minimum atomic E-state index is -1.11. The first-order chi connectivity index (χ1) is 6.02. The molecule has 0 spiro atoms. The lowest BCUT2D eigenvalue weighted by atomic mass is 10.2. The first-order valence-corrected chi connectivity index (χ1v) is 4.29. The molecule has 0 fully saturated rings. The number of aliphatic carboxylic acids is 1. The highest BCUT2D eigenvalue weighted by atomic mass is 79.9. The van der Waals surface area contributed by atoms with Crippen molar-refractivity contribution in [3.8, 4) is 0 Å². The molecule has 1 unspecified atom stereocenters. The van der Waals surface area contributed by atoms with Crippen LogP contribution in [-0.2, 0) is 4.79 Å². The lowest BCUT2D eigenvalue weighted by Gasteiger charge is -2.06. The summed E-state index contributed by atoms with van der Waals surface area (Å²) in [5, 5.41) is 8.59. The average Bonchev–Trinajstić information content (AvgIpc) is 2.08. The average molecular weight is 246 g/mol. The molecule has 0 aromatic carbocycles. The van der Waals surface area contributed by atoms with Gasteiger partial charge in [0.25, 0.3) is 0 Å². The van der Waals surface area contributed by atoms with Crippen molar-refractivity contribution in [1.29, 1.82) is 0 Å². The molecule has 70 valence electrons. The standard InChI is InChI=1S/C7H8BrN3O2/c1-3-6(8)10-2-4(11-3)5(9)7(12)13/h2,5H,9H2,1H3,(H,12,13). The van der Waals surface area contributed by atoms with Gasteiger partial charge in [0.2, 0.25) is 0 Å². The molecule has 0 radical (unpaired) electrons. The number of aromatic nitrogens is 2. The molecule has 1 aromatic heterocycles. The van der Waals surface area contributed by atoms with Crippen molar-refractivity contribution in [1.82, 2.24) is 9.97 Å². The van der Waals surface area contributed by atoms with Crippen LogP contribution in [0, 0.1) is 6.92 Å². The molecule has 6 heteroatoms. The Kier molecular flexibility index (Phi) is 2.94. The predicted molar refractivity (Wildman–Crippen MR) is 49.0 cm³/mol. The van der Waals surface area contributed by atoms with E-state index in [2.05, 4.69) is 25.9 Å². The summed E-state index contributed by atoms with van der Waals surface area (Å²) in [4.78, 5) is 18.4. The predicted octanol–water partition coefficient (Wildman–Crippen LogP) is 0.632. The number of nitrogens with zero attached hydrogens (tertiary/aromatic N) is 2. The molecule has 3 N–H and O–H groups in total. The molecule has 0 aliphatic carbocycles. The molecule has 0 aliphatic heterocycles. The Balaban J connectivity index is 3.03. The van der Waals surface area contributed by atoms with Gasteiger partial charge < -0.3 is 10.8 Å². The normalized spacial score (nSPS) is 12.5. The van der Waals surface area contributed by atoms with E-state index in [9.17, 15) is 4.79 Å². The third kappa shape index (κ3) is 2.22. The number of aryl methyl sites for hydroxylation is 1. The van der Waals surface area contributed by atoms with Crippen molar-refractivity contribution in [3.63, 3.8) is 0 Å². The van der Waals surface area contributed by atoms with Crippen LogP contribution in [0.15, 0.2) is 10.8 Å². The maximum absolute atomic E-state index is 10.5. The van der Waals surface area contributed by atoms with Crippen LogP contribution in [-0.4, -0.2) is 21.0 Å². The van der Waals surface area contributed by atoms with E-state index in [1.165, 1.54) is 6.20 Å².